The number of aromatic amines is 2. The molecule has 1 aliphatic rings. The minimum absolute atomic E-state index is 0.00202. The zero-order valence-corrected chi connectivity index (χ0v) is 59.0. The number of hydrogen-bond donors (Lipinski definition) is 5. The number of aryl methyl sites for hydroxylation is 4. The number of amides is 1. The number of alkyl halides is 12. The van der Waals surface area contributed by atoms with Gasteiger partial charge in [0.05, 0.1) is 63.4 Å². The third-order valence-corrected chi connectivity index (χ3v) is 19.3. The van der Waals surface area contributed by atoms with Gasteiger partial charge in [0, 0.05) is 60.6 Å². The number of fused-ring (bicyclic) bond motifs is 1. The van der Waals surface area contributed by atoms with E-state index in [0.717, 1.165) is 75.2 Å². The number of carbonyl (C=O) groups is 5. The lowest BCUT2D eigenvalue weighted by molar-refractivity contribution is -0.141. The average molecular weight is 1590 g/mol. The Hall–Kier alpha value is -6.25. The van der Waals surface area contributed by atoms with Crippen LogP contribution in [0.5, 0.6) is 0 Å². The fourth-order valence-electron chi connectivity index (χ4n) is 7.15. The van der Waals surface area contributed by atoms with Crippen molar-refractivity contribution in [1.29, 1.82) is 0 Å². The molecule has 6 N–H and O–H groups in total. The molecule has 0 bridgehead atoms. The van der Waals surface area contributed by atoms with Gasteiger partial charge >= 0.3 is 36.4 Å². The molecule has 0 saturated heterocycles. The van der Waals surface area contributed by atoms with Gasteiger partial charge < -0.3 is 30.3 Å². The lowest BCUT2D eigenvalue weighted by Gasteiger charge is -2.31. The monoisotopic (exact) mass is 1590 g/mol. The maximum Gasteiger partial charge on any atom is 0.435 e. The van der Waals surface area contributed by atoms with Crippen LogP contribution in [0, 0.1) is 20.8 Å². The van der Waals surface area contributed by atoms with Crippen molar-refractivity contribution in [3.8, 4) is 0 Å². The van der Waals surface area contributed by atoms with Crippen molar-refractivity contribution in [3.63, 3.8) is 0 Å². The molecule has 0 spiro atoms. The Morgan fingerprint density at radius 1 is 0.656 bits per heavy atom. The molecular weight excluding hydrogens is 1520 g/mol. The molecule has 0 radical (unpaired) electrons. The molecule has 0 aliphatic carbocycles. The highest BCUT2D eigenvalue weighted by molar-refractivity contribution is 9.12. The Morgan fingerprint density at radius 3 is 1.45 bits per heavy atom. The number of aliphatic hydroxyl groups is 1. The molecule has 4 aromatic heterocycles. The molecule has 1 amide bonds. The van der Waals surface area contributed by atoms with Crippen LogP contribution in [0.4, 0.5) is 39.5 Å². The summed E-state index contributed by atoms with van der Waals surface area (Å²) in [4.78, 5) is 54.2. The highest BCUT2D eigenvalue weighted by Gasteiger charge is 2.42. The van der Waals surface area contributed by atoms with Gasteiger partial charge in [-0.2, -0.15) is 59.9 Å². The second kappa shape index (κ2) is 38.9. The molecule has 5 heterocycles. The topological polar surface area (TPSA) is 335 Å². The molecule has 38 heteroatoms. The number of carboxylic acid groups (broad SMARTS) is 1. The van der Waals surface area contributed by atoms with E-state index in [9.17, 15) is 80.3 Å². The van der Waals surface area contributed by atoms with Crippen molar-refractivity contribution in [1.82, 2.24) is 44.9 Å². The van der Waals surface area contributed by atoms with Crippen LogP contribution < -0.4 is 5.73 Å². The fraction of sp³-hybridized carbons (Fsp3) is 0.473. The molecule has 0 atom stereocenters. The number of benzene rings is 2. The molecule has 23 nitrogen and oxygen atoms in total. The number of nitrogens with zero attached hydrogens (tertiary/aromatic N) is 7. The Balaban J connectivity index is 0.00000118. The highest BCUT2D eigenvalue weighted by atomic mass is 79.9. The SMILES string of the molecule is BrCCBr.CC(=O)Cl.CC(C)(CCN)S(=O)(=O)c1cccc(C(F)(F)F)c1.CC(C)(CCN1CCn2nc(C(F)(F)F)cc2C1=O)S(=O)(=O)c1cccc(C(F)(F)F)c1.CO.COC(=O)c1cc(C)[nH]n1.COC(=O)c1cc(C)nn1CCBr.Cc1cc(C(=O)O)n[nH]1. The lowest BCUT2D eigenvalue weighted by atomic mass is 10.1. The molecule has 1 aliphatic heterocycles. The van der Waals surface area contributed by atoms with Crippen LogP contribution >= 0.6 is 59.4 Å². The predicted molar refractivity (Wildman–Crippen MR) is 336 cm³/mol. The highest BCUT2D eigenvalue weighted by Crippen LogP contribution is 2.36. The number of H-pyrrole nitrogens is 2. The Labute approximate surface area is 560 Å². The summed E-state index contributed by atoms with van der Waals surface area (Å²) < 4.78 is 175. The fourth-order valence-corrected chi connectivity index (χ4v) is 10.6. The van der Waals surface area contributed by atoms with Crippen molar-refractivity contribution in [2.75, 3.05) is 57.0 Å². The first kappa shape index (κ1) is 86.8. The number of ether oxygens (including phenoxy) is 2. The van der Waals surface area contributed by atoms with Crippen LogP contribution in [0.15, 0.2) is 82.6 Å². The summed E-state index contributed by atoms with van der Waals surface area (Å²) >= 11 is 14.3. The second-order valence-electron chi connectivity index (χ2n) is 19.9. The molecule has 0 unspecified atom stereocenters. The van der Waals surface area contributed by atoms with E-state index in [-0.39, 0.29) is 66.5 Å². The lowest BCUT2D eigenvalue weighted by Crippen LogP contribution is -2.44. The molecule has 0 saturated carbocycles. The summed E-state index contributed by atoms with van der Waals surface area (Å²) in [7, 11) is -4.39. The summed E-state index contributed by atoms with van der Waals surface area (Å²) in [5.41, 5.74) is 5.11. The van der Waals surface area contributed by atoms with Gasteiger partial charge in [-0.05, 0) is 134 Å². The van der Waals surface area contributed by atoms with E-state index in [4.69, 9.17) is 15.9 Å². The summed E-state index contributed by atoms with van der Waals surface area (Å²) in [6.45, 7) is 13.0. The minimum atomic E-state index is -4.71. The number of carbonyl (C=O) groups excluding carboxylic acids is 4. The Bertz CT molecular complexity index is 3590. The van der Waals surface area contributed by atoms with Crippen LogP contribution in [0.25, 0.3) is 0 Å². The van der Waals surface area contributed by atoms with Gasteiger partial charge in [0.1, 0.15) is 11.4 Å². The van der Waals surface area contributed by atoms with E-state index >= 15 is 0 Å². The van der Waals surface area contributed by atoms with E-state index in [0.29, 0.717) is 36.1 Å². The Kier molecular flexibility index (Phi) is 36.3. The van der Waals surface area contributed by atoms with Crippen molar-refractivity contribution < 1.29 is 100 Å². The number of rotatable bonds is 15. The molecule has 522 valence electrons. The number of esters is 2. The van der Waals surface area contributed by atoms with E-state index in [1.165, 1.54) is 65.9 Å². The number of carboxylic acids is 1. The van der Waals surface area contributed by atoms with Gasteiger partial charge in [-0.1, -0.05) is 59.9 Å². The first-order chi connectivity index (χ1) is 42.8. The molecule has 0 fully saturated rings. The van der Waals surface area contributed by atoms with Crippen molar-refractivity contribution in [2.24, 2.45) is 5.73 Å². The van der Waals surface area contributed by atoms with Crippen LogP contribution in [0.3, 0.4) is 0 Å². The van der Waals surface area contributed by atoms with Gasteiger partial charge in [0.15, 0.2) is 36.8 Å². The number of hydrogen-bond acceptors (Lipinski definition) is 17. The van der Waals surface area contributed by atoms with Gasteiger partial charge in [-0.15, -0.1) is 0 Å². The van der Waals surface area contributed by atoms with Gasteiger partial charge in [-0.25, -0.2) is 31.2 Å². The third kappa shape index (κ3) is 27.9. The smallest absolute Gasteiger partial charge is 0.435 e. The molecule has 93 heavy (non-hydrogen) atoms. The average Bonchev–Trinajstić information content (AvgIpc) is 1.42. The van der Waals surface area contributed by atoms with Crippen molar-refractivity contribution in [3.05, 3.63) is 129 Å². The first-order valence-electron chi connectivity index (χ1n) is 26.6. The molecular formula is C55H71Br3ClF9N10O13S2. The standard InChI is InChI=1S/C19H19F6N3O3S.C12H16F3NO2S.C8H11BrN2O2.C6H8N2O2.C5H6N2O2.C2H4Br2.C2H3ClO.CH4O/c1-17(2,32(30,31)13-5-3-4-12(10-13)18(20,21)22)6-7-27-8-9-28-14(16(27)29)11-15(26-28)19(23,24)25;1-11(2,6-7-16)19(17,18)10-5-3-4-9(8-10)12(13,14)15;1-6-5-7(8(12)13-2)11(10-6)4-3-9;1-4-3-5(8-7-4)6(9)10-2;1-3-2-4(5(8)9)7-6-3;3-1-2-4;1-2(3)4;1-2/h3-5,10-11H,6-9H2,1-2H3;3-5,8H,6-7,16H2,1-2H3;5H,3-4H2,1-2H3;3H,1-2H3,(H,7,8);2H,1H3,(H,6,7)(H,8,9);1-2H2;1H3;2H,1H3. The summed E-state index contributed by atoms with van der Waals surface area (Å²) in [5.74, 6) is -2.49. The number of halogens is 13. The van der Waals surface area contributed by atoms with E-state index in [2.05, 4.69) is 99.5 Å². The van der Waals surface area contributed by atoms with Crippen LogP contribution in [0.2, 0.25) is 0 Å². The number of nitrogens with two attached hydrogens (primary N) is 1. The first-order valence-corrected chi connectivity index (χ1v) is 33.3. The molecule has 7 rings (SSSR count). The quantitative estimate of drug-likeness (QED) is 0.0276. The molecule has 6 aromatic rings. The number of methoxy groups -OCH3 is 2. The van der Waals surface area contributed by atoms with Gasteiger partial charge in [0.2, 0.25) is 5.24 Å². The van der Waals surface area contributed by atoms with Crippen molar-refractivity contribution in [2.45, 2.75) is 119 Å². The van der Waals surface area contributed by atoms with Crippen LogP contribution in [-0.4, -0.2) is 167 Å². The van der Waals surface area contributed by atoms with Gasteiger partial charge in [-0.3, -0.25) is 29.2 Å². The van der Waals surface area contributed by atoms with Crippen LogP contribution in [-0.2, 0) is 65.6 Å². The number of aromatic nitrogens is 8. The zero-order valence-electron chi connectivity index (χ0n) is 51.8. The number of aliphatic hydroxyl groups excluding tert-OH is 1. The van der Waals surface area contributed by atoms with Crippen LogP contribution in [0.1, 0.15) is 123 Å². The normalized spacial score (nSPS) is 12.2. The summed E-state index contributed by atoms with van der Waals surface area (Å²) in [6, 6.07) is 12.6. The summed E-state index contributed by atoms with van der Waals surface area (Å²) in [5, 5.41) is 37.7. The largest absolute Gasteiger partial charge is 0.476 e. The predicted octanol–water partition coefficient (Wildman–Crippen LogP) is 11.1. The number of sulfone groups is 2. The zero-order chi connectivity index (χ0) is 72.3. The third-order valence-electron chi connectivity index (χ3n) is 12.0. The maximum absolute atomic E-state index is 13.0. The van der Waals surface area contributed by atoms with E-state index < -0.39 is 87.3 Å². The van der Waals surface area contributed by atoms with Gasteiger partial charge in [0.25, 0.3) is 5.91 Å². The van der Waals surface area contributed by atoms with E-state index in [1.54, 1.807) is 23.7 Å². The number of aromatic carboxylic acids is 1. The summed E-state index contributed by atoms with van der Waals surface area (Å²) in [6.07, 6.45) is -14.0. The minimum Gasteiger partial charge on any atom is -0.476 e. The van der Waals surface area contributed by atoms with Crippen molar-refractivity contribution >= 4 is 108 Å². The Morgan fingerprint density at radius 2 is 1.10 bits per heavy atom. The number of nitrogens with one attached hydrogen (secondary N) is 2. The maximum atomic E-state index is 13.0. The molecule has 2 aromatic carbocycles. The van der Waals surface area contributed by atoms with E-state index in [1.807, 2.05) is 13.8 Å². The second-order valence-corrected chi connectivity index (χ2v) is 28.0.